The fraction of sp³-hybridized carbons (Fsp3) is 0.600. The second-order valence-corrected chi connectivity index (χ2v) is 8.57. The van der Waals surface area contributed by atoms with Crippen LogP contribution in [0.1, 0.15) is 24.3 Å². The number of carbonyl (C=O) groups excluding carboxylic acids is 2. The molecule has 0 radical (unpaired) electrons. The number of likely N-dealkylation sites (N-methyl/N-ethyl adjacent to an activating group) is 1. The van der Waals surface area contributed by atoms with Crippen molar-refractivity contribution in [1.82, 2.24) is 24.3 Å². The lowest BCUT2D eigenvalue weighted by Gasteiger charge is -2.35. The number of carbonyl (C=O) groups is 2. The van der Waals surface area contributed by atoms with Crippen LogP contribution < -0.4 is 5.56 Å². The van der Waals surface area contributed by atoms with E-state index in [2.05, 4.69) is 9.88 Å². The summed E-state index contributed by atoms with van der Waals surface area (Å²) in [7, 11) is 0. The molecule has 3 heterocycles. The van der Waals surface area contributed by atoms with Gasteiger partial charge < -0.3 is 9.80 Å². The third-order valence-corrected chi connectivity index (χ3v) is 6.78. The molecule has 1 aliphatic heterocycles. The van der Waals surface area contributed by atoms with Crippen molar-refractivity contribution in [1.29, 1.82) is 0 Å². The van der Waals surface area contributed by atoms with Gasteiger partial charge in [0.25, 0.3) is 5.56 Å². The predicted octanol–water partition coefficient (Wildman–Crippen LogP) is 1.09. The fourth-order valence-corrected chi connectivity index (χ4v) is 4.64. The number of fused-ring (bicyclic) bond motifs is 1. The van der Waals surface area contributed by atoms with E-state index in [0.29, 0.717) is 51.2 Å². The summed E-state index contributed by atoms with van der Waals surface area (Å²) < 4.78 is 1.40. The van der Waals surface area contributed by atoms with Crippen LogP contribution in [0.4, 0.5) is 0 Å². The first-order valence-corrected chi connectivity index (χ1v) is 10.9. The molecule has 0 aromatic carbocycles. The number of aryl methyl sites for hydroxylation is 2. The molecule has 9 heteroatoms. The van der Waals surface area contributed by atoms with Crippen LogP contribution in [0, 0.1) is 13.8 Å². The second kappa shape index (κ2) is 9.04. The minimum Gasteiger partial charge on any atom is -0.342 e. The molecule has 29 heavy (non-hydrogen) atoms. The lowest BCUT2D eigenvalue weighted by atomic mass is 10.2. The molecular formula is C20H29N5O3S. The minimum absolute atomic E-state index is 0.00547. The number of thiophene rings is 1. The topological polar surface area (TPSA) is 78.8 Å². The van der Waals surface area contributed by atoms with Gasteiger partial charge in [0.05, 0.1) is 18.3 Å². The Labute approximate surface area is 174 Å². The Balaban J connectivity index is 1.60. The van der Waals surface area contributed by atoms with Gasteiger partial charge in [0.1, 0.15) is 11.4 Å². The molecule has 0 unspecified atom stereocenters. The molecule has 0 atom stereocenters. The number of hydrogen-bond acceptors (Lipinski definition) is 6. The third kappa shape index (κ3) is 4.51. The summed E-state index contributed by atoms with van der Waals surface area (Å²) in [4.78, 5) is 49.6. The Hall–Kier alpha value is -2.26. The van der Waals surface area contributed by atoms with Crippen molar-refractivity contribution < 1.29 is 9.59 Å². The van der Waals surface area contributed by atoms with Gasteiger partial charge in [0.2, 0.25) is 11.8 Å². The number of nitrogens with zero attached hydrogens (tertiary/aromatic N) is 5. The van der Waals surface area contributed by atoms with Crippen molar-refractivity contribution in [2.75, 3.05) is 45.8 Å². The highest BCUT2D eigenvalue weighted by molar-refractivity contribution is 7.18. The van der Waals surface area contributed by atoms with Gasteiger partial charge in [-0.2, -0.15) is 0 Å². The molecule has 2 amide bonds. The molecule has 0 N–H and O–H groups in total. The lowest BCUT2D eigenvalue weighted by molar-refractivity contribution is -0.135. The van der Waals surface area contributed by atoms with Gasteiger partial charge in [-0.05, 0) is 33.3 Å². The zero-order valence-electron chi connectivity index (χ0n) is 17.6. The van der Waals surface area contributed by atoms with E-state index in [-0.39, 0.29) is 23.9 Å². The van der Waals surface area contributed by atoms with Crippen LogP contribution in [-0.4, -0.2) is 81.9 Å². The lowest BCUT2D eigenvalue weighted by Crippen LogP contribution is -2.52. The van der Waals surface area contributed by atoms with Gasteiger partial charge >= 0.3 is 0 Å². The van der Waals surface area contributed by atoms with Crippen molar-refractivity contribution in [2.45, 2.75) is 34.2 Å². The average molecular weight is 420 g/mol. The van der Waals surface area contributed by atoms with Crippen molar-refractivity contribution in [3.63, 3.8) is 0 Å². The van der Waals surface area contributed by atoms with E-state index in [4.69, 9.17) is 0 Å². The van der Waals surface area contributed by atoms with Crippen LogP contribution >= 0.6 is 11.3 Å². The van der Waals surface area contributed by atoms with E-state index in [0.717, 1.165) is 15.3 Å². The average Bonchev–Trinajstić information content (AvgIpc) is 3.00. The summed E-state index contributed by atoms with van der Waals surface area (Å²) in [6, 6.07) is 0. The maximum absolute atomic E-state index is 12.8. The minimum atomic E-state index is -0.159. The van der Waals surface area contributed by atoms with E-state index in [1.165, 1.54) is 22.2 Å². The van der Waals surface area contributed by atoms with Crippen LogP contribution in [0.15, 0.2) is 11.1 Å². The molecule has 2 aromatic heterocycles. The largest absolute Gasteiger partial charge is 0.342 e. The smallest absolute Gasteiger partial charge is 0.262 e. The molecule has 3 rings (SSSR count). The van der Waals surface area contributed by atoms with Crippen molar-refractivity contribution in [2.24, 2.45) is 0 Å². The monoisotopic (exact) mass is 419 g/mol. The van der Waals surface area contributed by atoms with Gasteiger partial charge in [-0.25, -0.2) is 4.98 Å². The highest BCUT2D eigenvalue weighted by Gasteiger charge is 2.24. The number of amides is 2. The first-order chi connectivity index (χ1) is 13.8. The first kappa shape index (κ1) is 21.4. The maximum atomic E-state index is 12.8. The summed E-state index contributed by atoms with van der Waals surface area (Å²) >= 11 is 1.50. The van der Waals surface area contributed by atoms with Crippen LogP contribution in [0.5, 0.6) is 0 Å². The summed E-state index contributed by atoms with van der Waals surface area (Å²) in [6.07, 6.45) is 1.47. The Morgan fingerprint density at radius 3 is 2.38 bits per heavy atom. The molecule has 0 aliphatic carbocycles. The molecular weight excluding hydrogens is 390 g/mol. The molecule has 0 saturated carbocycles. The third-order valence-electron chi connectivity index (χ3n) is 5.66. The van der Waals surface area contributed by atoms with Gasteiger partial charge in [0, 0.05) is 44.1 Å². The fourth-order valence-electron chi connectivity index (χ4n) is 3.65. The standard InChI is InChI=1S/C20H29N5O3S/c1-5-23(6-2)16(26)11-22-7-9-24(10-8-22)17(27)12-25-13-21-19-18(20(25)28)14(3)15(4)29-19/h13H,5-12H2,1-4H3. The highest BCUT2D eigenvalue weighted by atomic mass is 32.1. The van der Waals surface area contributed by atoms with E-state index < -0.39 is 0 Å². The Morgan fingerprint density at radius 1 is 1.10 bits per heavy atom. The van der Waals surface area contributed by atoms with E-state index >= 15 is 0 Å². The molecule has 158 valence electrons. The van der Waals surface area contributed by atoms with Crippen LogP contribution in [-0.2, 0) is 16.1 Å². The quantitative estimate of drug-likeness (QED) is 0.700. The van der Waals surface area contributed by atoms with Gasteiger partial charge in [0.15, 0.2) is 0 Å². The SMILES string of the molecule is CCN(CC)C(=O)CN1CCN(C(=O)Cn2cnc3sc(C)c(C)c3c2=O)CC1. The zero-order valence-corrected chi connectivity index (χ0v) is 18.4. The normalized spacial score (nSPS) is 15.1. The Kier molecular flexibility index (Phi) is 6.69. The van der Waals surface area contributed by atoms with Crippen molar-refractivity contribution in [3.05, 3.63) is 27.1 Å². The van der Waals surface area contributed by atoms with Crippen LogP contribution in [0.3, 0.4) is 0 Å². The Bertz CT molecular complexity index is 955. The summed E-state index contributed by atoms with van der Waals surface area (Å²) in [6.45, 7) is 12.1. The zero-order chi connectivity index (χ0) is 21.1. The number of rotatable bonds is 6. The first-order valence-electron chi connectivity index (χ1n) is 10.1. The Morgan fingerprint density at radius 2 is 1.76 bits per heavy atom. The number of hydrogen-bond donors (Lipinski definition) is 0. The van der Waals surface area contributed by atoms with Gasteiger partial charge in [-0.1, -0.05) is 0 Å². The summed E-state index contributed by atoms with van der Waals surface area (Å²) in [5, 5.41) is 0.613. The molecule has 1 aliphatic rings. The number of piperazine rings is 1. The molecule has 0 bridgehead atoms. The highest BCUT2D eigenvalue weighted by Crippen LogP contribution is 2.25. The maximum Gasteiger partial charge on any atom is 0.262 e. The molecule has 1 saturated heterocycles. The van der Waals surface area contributed by atoms with E-state index in [1.807, 2.05) is 32.6 Å². The van der Waals surface area contributed by atoms with Crippen LogP contribution in [0.25, 0.3) is 10.2 Å². The van der Waals surface area contributed by atoms with Gasteiger partial charge in [-0.15, -0.1) is 11.3 Å². The van der Waals surface area contributed by atoms with Crippen molar-refractivity contribution >= 4 is 33.4 Å². The number of aromatic nitrogens is 2. The van der Waals surface area contributed by atoms with E-state index in [1.54, 1.807) is 4.90 Å². The molecule has 0 spiro atoms. The molecule has 2 aromatic rings. The second-order valence-electron chi connectivity index (χ2n) is 7.36. The van der Waals surface area contributed by atoms with Crippen LogP contribution in [0.2, 0.25) is 0 Å². The van der Waals surface area contributed by atoms with E-state index in [9.17, 15) is 14.4 Å². The predicted molar refractivity (Wildman–Crippen MR) is 114 cm³/mol. The molecule has 8 nitrogen and oxygen atoms in total. The summed E-state index contributed by atoms with van der Waals surface area (Å²) in [5.41, 5.74) is 0.782. The van der Waals surface area contributed by atoms with Gasteiger partial charge in [-0.3, -0.25) is 23.9 Å². The summed E-state index contributed by atoms with van der Waals surface area (Å²) in [5.74, 6) is 0.0368. The molecule has 1 fully saturated rings. The van der Waals surface area contributed by atoms with Crippen molar-refractivity contribution in [3.8, 4) is 0 Å².